The number of carbonyl (C=O) groups is 1. The van der Waals surface area contributed by atoms with Crippen molar-refractivity contribution in [2.75, 3.05) is 32.2 Å². The first-order chi connectivity index (χ1) is 10.9. The smallest absolute Gasteiger partial charge is 0.196 e. The Morgan fingerprint density at radius 3 is 2.48 bits per heavy atom. The second kappa shape index (κ2) is 7.15. The number of ketones is 1. The van der Waals surface area contributed by atoms with Gasteiger partial charge in [-0.1, -0.05) is 12.1 Å². The molecular weight excluding hydrogens is 290 g/mol. The molecule has 0 fully saturated rings. The molecule has 5 heteroatoms. The minimum absolute atomic E-state index is 0.134. The van der Waals surface area contributed by atoms with Crippen molar-refractivity contribution in [2.24, 2.45) is 0 Å². The van der Waals surface area contributed by atoms with E-state index in [2.05, 4.69) is 11.8 Å². The summed E-state index contributed by atoms with van der Waals surface area (Å²) >= 11 is 0. The minimum Gasteiger partial charge on any atom is -0.491 e. The van der Waals surface area contributed by atoms with E-state index in [1.54, 1.807) is 30.3 Å². The fraction of sp³-hybridized carbons (Fsp3) is 0.278. The fourth-order valence-electron chi connectivity index (χ4n) is 2.01. The van der Waals surface area contributed by atoms with Gasteiger partial charge >= 0.3 is 0 Å². The van der Waals surface area contributed by atoms with Gasteiger partial charge in [-0.15, -0.1) is 0 Å². The van der Waals surface area contributed by atoms with Crippen molar-refractivity contribution in [1.82, 2.24) is 4.90 Å². The monoisotopic (exact) mass is 313 g/mol. The Morgan fingerprint density at radius 1 is 1.13 bits per heavy atom. The molecule has 2 aromatic rings. The van der Waals surface area contributed by atoms with E-state index in [0.717, 1.165) is 0 Å². The van der Waals surface area contributed by atoms with Crippen molar-refractivity contribution >= 4 is 17.2 Å². The number of likely N-dealkylation sites (N-methyl/N-ethyl adjacent to an activating group) is 1. The molecule has 0 aliphatic heterocycles. The quantitative estimate of drug-likeness (QED) is 0.632. The molecule has 1 unspecified atom stereocenters. The average Bonchev–Trinajstić information content (AvgIpc) is 2.54. The third kappa shape index (κ3) is 4.02. The number of ether oxygens (including phenoxy) is 1. The molecule has 0 radical (unpaired) electrons. The van der Waals surface area contributed by atoms with Crippen LogP contribution in [-0.4, -0.2) is 37.4 Å². The predicted molar refractivity (Wildman–Crippen MR) is 93.8 cm³/mol. The van der Waals surface area contributed by atoms with Gasteiger partial charge < -0.3 is 21.1 Å². The molecule has 0 aliphatic carbocycles. The topological polar surface area (TPSA) is 81.6 Å². The van der Waals surface area contributed by atoms with E-state index in [4.69, 9.17) is 16.2 Å². The van der Waals surface area contributed by atoms with E-state index in [9.17, 15) is 4.79 Å². The van der Waals surface area contributed by atoms with Gasteiger partial charge in [-0.2, -0.15) is 0 Å². The number of hydrogen-bond donors (Lipinski definition) is 2. The number of rotatable bonds is 6. The summed E-state index contributed by atoms with van der Waals surface area (Å²) in [6.45, 7) is 2.56. The molecule has 1 atom stereocenters. The second-order valence-corrected chi connectivity index (χ2v) is 5.79. The van der Waals surface area contributed by atoms with Gasteiger partial charge in [0.2, 0.25) is 0 Å². The molecular formula is C18H23N3O2. The van der Waals surface area contributed by atoms with Crippen molar-refractivity contribution in [3.63, 3.8) is 0 Å². The lowest BCUT2D eigenvalue weighted by Crippen LogP contribution is -2.30. The summed E-state index contributed by atoms with van der Waals surface area (Å²) in [4.78, 5) is 14.8. The standard InChI is InChI=1S/C18H23N3O2/c1-12(21(2)3)11-23-17-7-5-4-6-14(17)18(22)13-8-9-15(19)16(20)10-13/h4-10,12H,11,19-20H2,1-3H3. The zero-order chi connectivity index (χ0) is 17.0. The summed E-state index contributed by atoms with van der Waals surface area (Å²) in [5.74, 6) is 0.436. The molecule has 0 bridgehead atoms. The van der Waals surface area contributed by atoms with Gasteiger partial charge in [-0.05, 0) is 51.4 Å². The highest BCUT2D eigenvalue weighted by Crippen LogP contribution is 2.24. The van der Waals surface area contributed by atoms with E-state index in [1.807, 2.05) is 26.2 Å². The van der Waals surface area contributed by atoms with Crippen LogP contribution < -0.4 is 16.2 Å². The first-order valence-corrected chi connectivity index (χ1v) is 7.48. The third-order valence-electron chi connectivity index (χ3n) is 3.84. The average molecular weight is 313 g/mol. The maximum absolute atomic E-state index is 12.7. The van der Waals surface area contributed by atoms with Crippen LogP contribution in [0.1, 0.15) is 22.8 Å². The Bertz CT molecular complexity index is 698. The number of benzene rings is 2. The second-order valence-electron chi connectivity index (χ2n) is 5.79. The normalized spacial score (nSPS) is 12.2. The predicted octanol–water partition coefficient (Wildman–Crippen LogP) is 2.41. The maximum Gasteiger partial charge on any atom is 0.196 e. The van der Waals surface area contributed by atoms with E-state index >= 15 is 0 Å². The molecule has 0 amide bonds. The Morgan fingerprint density at radius 2 is 1.83 bits per heavy atom. The van der Waals surface area contributed by atoms with E-state index in [0.29, 0.717) is 34.9 Å². The number of nitrogens with zero attached hydrogens (tertiary/aromatic N) is 1. The molecule has 5 nitrogen and oxygen atoms in total. The van der Waals surface area contributed by atoms with Crippen molar-refractivity contribution in [1.29, 1.82) is 0 Å². The van der Waals surface area contributed by atoms with Gasteiger partial charge in [0.05, 0.1) is 16.9 Å². The first-order valence-electron chi connectivity index (χ1n) is 7.48. The molecule has 0 aromatic heterocycles. The Kier molecular flexibility index (Phi) is 5.24. The van der Waals surface area contributed by atoms with Gasteiger partial charge in [0, 0.05) is 11.6 Å². The summed E-state index contributed by atoms with van der Waals surface area (Å²) in [5, 5.41) is 0. The largest absolute Gasteiger partial charge is 0.491 e. The molecule has 23 heavy (non-hydrogen) atoms. The van der Waals surface area contributed by atoms with Crippen LogP contribution in [0.5, 0.6) is 5.75 Å². The van der Waals surface area contributed by atoms with Crippen LogP contribution in [0.25, 0.3) is 0 Å². The summed E-state index contributed by atoms with van der Waals surface area (Å²) in [7, 11) is 3.98. The molecule has 0 saturated carbocycles. The molecule has 0 aliphatic rings. The highest BCUT2D eigenvalue weighted by atomic mass is 16.5. The van der Waals surface area contributed by atoms with Crippen LogP contribution >= 0.6 is 0 Å². The number of hydrogen-bond acceptors (Lipinski definition) is 5. The summed E-state index contributed by atoms with van der Waals surface area (Å²) < 4.78 is 5.84. The van der Waals surface area contributed by atoms with Crippen molar-refractivity contribution in [3.8, 4) is 5.75 Å². The number of carbonyl (C=O) groups excluding carboxylic acids is 1. The van der Waals surface area contributed by atoms with Gasteiger partial charge in [0.25, 0.3) is 0 Å². The van der Waals surface area contributed by atoms with Gasteiger partial charge in [-0.25, -0.2) is 0 Å². The zero-order valence-corrected chi connectivity index (χ0v) is 13.7. The van der Waals surface area contributed by atoms with E-state index < -0.39 is 0 Å². The molecule has 122 valence electrons. The highest BCUT2D eigenvalue weighted by Gasteiger charge is 2.16. The van der Waals surface area contributed by atoms with Gasteiger partial charge in [0.1, 0.15) is 12.4 Å². The van der Waals surface area contributed by atoms with Crippen LogP contribution in [0.15, 0.2) is 42.5 Å². The fourth-order valence-corrected chi connectivity index (χ4v) is 2.01. The van der Waals surface area contributed by atoms with Gasteiger partial charge in [0.15, 0.2) is 5.78 Å². The number of anilines is 2. The SMILES string of the molecule is CC(COc1ccccc1C(=O)c1ccc(N)c(N)c1)N(C)C. The minimum atomic E-state index is -0.134. The van der Waals surface area contributed by atoms with Crippen molar-refractivity contribution < 1.29 is 9.53 Å². The number of nitrogen functional groups attached to an aromatic ring is 2. The number of nitrogens with two attached hydrogens (primary N) is 2. The Balaban J connectivity index is 2.25. The van der Waals surface area contributed by atoms with E-state index in [1.165, 1.54) is 0 Å². The molecule has 0 heterocycles. The van der Waals surface area contributed by atoms with Crippen LogP contribution in [0, 0.1) is 0 Å². The van der Waals surface area contributed by atoms with Crippen molar-refractivity contribution in [3.05, 3.63) is 53.6 Å². The lowest BCUT2D eigenvalue weighted by Gasteiger charge is -2.20. The van der Waals surface area contributed by atoms with Crippen molar-refractivity contribution in [2.45, 2.75) is 13.0 Å². The molecule has 0 spiro atoms. The van der Waals surface area contributed by atoms with E-state index in [-0.39, 0.29) is 11.8 Å². The maximum atomic E-state index is 12.7. The Labute approximate surface area is 136 Å². The molecule has 0 saturated heterocycles. The van der Waals surface area contributed by atoms with Crippen LogP contribution in [0.4, 0.5) is 11.4 Å². The highest BCUT2D eigenvalue weighted by molar-refractivity contribution is 6.11. The van der Waals surface area contributed by atoms with Crippen LogP contribution in [-0.2, 0) is 0 Å². The molecule has 2 aromatic carbocycles. The third-order valence-corrected chi connectivity index (χ3v) is 3.84. The summed E-state index contributed by atoms with van der Waals surface area (Å²) in [5.41, 5.74) is 13.4. The molecule has 2 rings (SSSR count). The van der Waals surface area contributed by atoms with Crippen LogP contribution in [0.2, 0.25) is 0 Å². The summed E-state index contributed by atoms with van der Waals surface area (Å²) in [6.07, 6.45) is 0. The van der Waals surface area contributed by atoms with Gasteiger partial charge in [-0.3, -0.25) is 4.79 Å². The summed E-state index contributed by atoms with van der Waals surface area (Å²) in [6, 6.07) is 12.4. The zero-order valence-electron chi connectivity index (χ0n) is 13.7. The Hall–Kier alpha value is -2.53. The lowest BCUT2D eigenvalue weighted by molar-refractivity contribution is 0.103. The van der Waals surface area contributed by atoms with Crippen LogP contribution in [0.3, 0.4) is 0 Å². The first kappa shape index (κ1) is 16.8. The lowest BCUT2D eigenvalue weighted by atomic mass is 10.0. The number of para-hydroxylation sites is 1. The molecule has 4 N–H and O–H groups in total.